The molecule has 1 aromatic rings. The maximum absolute atomic E-state index is 13.3. The Balaban J connectivity index is 1.53. The predicted octanol–water partition coefficient (Wildman–Crippen LogP) is 1.80. The molecule has 2 saturated heterocycles. The molecule has 1 aromatic carbocycles. The maximum Gasteiger partial charge on any atom is 0.237 e. The topological polar surface area (TPSA) is 44.4 Å². The average molecular weight is 309 g/mol. The van der Waals surface area contributed by atoms with E-state index in [1.165, 1.54) is 12.1 Å². The monoisotopic (exact) mass is 309 g/mol. The van der Waals surface area contributed by atoms with Crippen molar-refractivity contribution in [3.8, 4) is 0 Å². The first-order valence-corrected chi connectivity index (χ1v) is 7.87. The van der Waals surface area contributed by atoms with Crippen molar-refractivity contribution in [3.05, 3.63) is 29.8 Å². The van der Waals surface area contributed by atoms with E-state index in [2.05, 4.69) is 15.5 Å². The molecule has 2 aliphatic rings. The Kier molecular flexibility index (Phi) is 4.57. The van der Waals surface area contributed by atoms with E-state index in [0.29, 0.717) is 11.7 Å². The molecule has 1 unspecified atom stereocenters. The zero-order valence-corrected chi connectivity index (χ0v) is 12.4. The lowest BCUT2D eigenvalue weighted by molar-refractivity contribution is -0.124. The Morgan fingerprint density at radius 2 is 1.91 bits per heavy atom. The van der Waals surface area contributed by atoms with Gasteiger partial charge in [0.15, 0.2) is 11.6 Å². The van der Waals surface area contributed by atoms with Crippen molar-refractivity contribution in [3.63, 3.8) is 0 Å². The van der Waals surface area contributed by atoms with E-state index >= 15 is 0 Å². The van der Waals surface area contributed by atoms with Crippen LogP contribution in [0.15, 0.2) is 18.2 Å². The van der Waals surface area contributed by atoms with Crippen molar-refractivity contribution < 1.29 is 13.6 Å². The molecule has 3 rings (SSSR count). The maximum atomic E-state index is 13.3. The summed E-state index contributed by atoms with van der Waals surface area (Å²) in [6, 6.07) is 4.24. The molecule has 1 amide bonds. The minimum Gasteiger partial charge on any atom is -0.371 e. The van der Waals surface area contributed by atoms with Crippen molar-refractivity contribution in [1.82, 2.24) is 10.6 Å². The highest BCUT2D eigenvalue weighted by atomic mass is 19.2. The van der Waals surface area contributed by atoms with Crippen LogP contribution in [-0.4, -0.2) is 37.6 Å². The molecule has 2 aliphatic heterocycles. The van der Waals surface area contributed by atoms with Gasteiger partial charge >= 0.3 is 0 Å². The van der Waals surface area contributed by atoms with Gasteiger partial charge in [0.2, 0.25) is 5.91 Å². The zero-order chi connectivity index (χ0) is 15.5. The first-order chi connectivity index (χ1) is 10.6. The Morgan fingerprint density at radius 3 is 2.59 bits per heavy atom. The van der Waals surface area contributed by atoms with Gasteiger partial charge in [0.25, 0.3) is 0 Å². The summed E-state index contributed by atoms with van der Waals surface area (Å²) in [5.41, 5.74) is 0.716. The van der Waals surface area contributed by atoms with Gasteiger partial charge in [-0.25, -0.2) is 8.78 Å². The molecule has 0 saturated carbocycles. The van der Waals surface area contributed by atoms with Gasteiger partial charge in [-0.2, -0.15) is 0 Å². The first-order valence-electron chi connectivity index (χ1n) is 7.87. The number of hydrogen-bond donors (Lipinski definition) is 2. The Hall–Kier alpha value is -1.69. The number of carbonyl (C=O) groups excluding carboxylic acids is 1. The number of nitrogens with one attached hydrogen (secondary N) is 2. The minimum atomic E-state index is -0.816. The van der Waals surface area contributed by atoms with E-state index in [1.54, 1.807) is 6.07 Å². The highest BCUT2D eigenvalue weighted by Gasteiger charge is 2.27. The van der Waals surface area contributed by atoms with Gasteiger partial charge in [0.1, 0.15) is 0 Å². The fraction of sp³-hybridized carbons (Fsp3) is 0.562. The van der Waals surface area contributed by atoms with Crippen LogP contribution in [0.4, 0.5) is 14.5 Å². The van der Waals surface area contributed by atoms with Crippen LogP contribution in [0.2, 0.25) is 0 Å². The molecule has 0 aliphatic carbocycles. The van der Waals surface area contributed by atoms with E-state index < -0.39 is 11.6 Å². The molecule has 0 spiro atoms. The number of hydrogen-bond acceptors (Lipinski definition) is 3. The zero-order valence-electron chi connectivity index (χ0n) is 12.4. The normalized spacial score (nSPS) is 23.5. The number of anilines is 1. The minimum absolute atomic E-state index is 0.0893. The highest BCUT2D eigenvalue weighted by molar-refractivity contribution is 5.82. The summed E-state index contributed by atoms with van der Waals surface area (Å²) in [6.07, 6.45) is 3.68. The number of piperidine rings is 2. The standard InChI is InChI=1S/C16H21F2N3O/c17-13-4-3-12(10-14(13)18)21-8-5-11(6-9-21)20-15-2-1-7-19-16(15)22/h3-4,10-11,15,20H,1-2,5-9H2,(H,19,22). The number of amides is 1. The molecule has 1 atom stereocenters. The lowest BCUT2D eigenvalue weighted by Gasteiger charge is -2.36. The van der Waals surface area contributed by atoms with Crippen LogP contribution in [0.25, 0.3) is 0 Å². The number of halogens is 2. The summed E-state index contributed by atoms with van der Waals surface area (Å²) in [5.74, 6) is -1.53. The van der Waals surface area contributed by atoms with Crippen LogP contribution in [-0.2, 0) is 4.79 Å². The quantitative estimate of drug-likeness (QED) is 0.895. The second kappa shape index (κ2) is 6.60. The van der Waals surface area contributed by atoms with Gasteiger partial charge in [-0.3, -0.25) is 4.79 Å². The third kappa shape index (κ3) is 3.38. The SMILES string of the molecule is O=C1NCCCC1NC1CCN(c2ccc(F)c(F)c2)CC1. The largest absolute Gasteiger partial charge is 0.371 e. The van der Waals surface area contributed by atoms with Crippen LogP contribution in [0.1, 0.15) is 25.7 Å². The molecule has 2 N–H and O–H groups in total. The molecule has 120 valence electrons. The fourth-order valence-corrected chi connectivity index (χ4v) is 3.20. The third-order valence-electron chi connectivity index (χ3n) is 4.49. The average Bonchev–Trinajstić information content (AvgIpc) is 2.53. The van der Waals surface area contributed by atoms with E-state index in [1.807, 2.05) is 0 Å². The molecule has 0 bridgehead atoms. The van der Waals surface area contributed by atoms with E-state index in [0.717, 1.165) is 45.3 Å². The summed E-state index contributed by atoms with van der Waals surface area (Å²) in [7, 11) is 0. The molecule has 2 heterocycles. The Labute approximate surface area is 128 Å². The van der Waals surface area contributed by atoms with Gasteiger partial charge in [-0.1, -0.05) is 0 Å². The molecule has 0 aromatic heterocycles. The smallest absolute Gasteiger partial charge is 0.237 e. The summed E-state index contributed by atoms with van der Waals surface area (Å²) < 4.78 is 26.3. The third-order valence-corrected chi connectivity index (χ3v) is 4.49. The number of benzene rings is 1. The first kappa shape index (κ1) is 15.2. The molecule has 22 heavy (non-hydrogen) atoms. The fourth-order valence-electron chi connectivity index (χ4n) is 3.20. The van der Waals surface area contributed by atoms with E-state index in [4.69, 9.17) is 0 Å². The van der Waals surface area contributed by atoms with Crippen LogP contribution in [0.3, 0.4) is 0 Å². The molecule has 4 nitrogen and oxygen atoms in total. The van der Waals surface area contributed by atoms with Crippen molar-refractivity contribution >= 4 is 11.6 Å². The number of carbonyl (C=O) groups is 1. The predicted molar refractivity (Wildman–Crippen MR) is 80.8 cm³/mol. The van der Waals surface area contributed by atoms with Crippen LogP contribution in [0.5, 0.6) is 0 Å². The summed E-state index contributed by atoms with van der Waals surface area (Å²) in [5, 5.41) is 6.31. The Morgan fingerprint density at radius 1 is 1.14 bits per heavy atom. The van der Waals surface area contributed by atoms with Crippen molar-refractivity contribution in [2.24, 2.45) is 0 Å². The van der Waals surface area contributed by atoms with Gasteiger partial charge in [0.05, 0.1) is 6.04 Å². The van der Waals surface area contributed by atoms with E-state index in [9.17, 15) is 13.6 Å². The molecular weight excluding hydrogens is 288 g/mol. The number of rotatable bonds is 3. The summed E-state index contributed by atoms with van der Waals surface area (Å²) in [4.78, 5) is 13.8. The lowest BCUT2D eigenvalue weighted by Crippen LogP contribution is -2.54. The molecule has 6 heteroatoms. The van der Waals surface area contributed by atoms with Crippen molar-refractivity contribution in [1.29, 1.82) is 0 Å². The van der Waals surface area contributed by atoms with Crippen LogP contribution < -0.4 is 15.5 Å². The van der Waals surface area contributed by atoms with Crippen LogP contribution in [0, 0.1) is 11.6 Å². The lowest BCUT2D eigenvalue weighted by atomic mass is 10.00. The van der Waals surface area contributed by atoms with Gasteiger partial charge < -0.3 is 15.5 Å². The summed E-state index contributed by atoms with van der Waals surface area (Å²) >= 11 is 0. The molecule has 2 fully saturated rings. The van der Waals surface area contributed by atoms with E-state index in [-0.39, 0.29) is 11.9 Å². The van der Waals surface area contributed by atoms with Gasteiger partial charge in [-0.15, -0.1) is 0 Å². The van der Waals surface area contributed by atoms with Gasteiger partial charge in [-0.05, 0) is 37.8 Å². The van der Waals surface area contributed by atoms with Crippen molar-refractivity contribution in [2.45, 2.75) is 37.8 Å². The molecule has 0 radical (unpaired) electrons. The molecular formula is C16H21F2N3O. The van der Waals surface area contributed by atoms with Crippen LogP contribution >= 0.6 is 0 Å². The second-order valence-electron chi connectivity index (χ2n) is 6.01. The van der Waals surface area contributed by atoms with Gasteiger partial charge in [0, 0.05) is 37.4 Å². The Bertz CT molecular complexity index is 544. The summed E-state index contributed by atoms with van der Waals surface area (Å²) in [6.45, 7) is 2.32. The highest BCUT2D eigenvalue weighted by Crippen LogP contribution is 2.22. The second-order valence-corrected chi connectivity index (χ2v) is 6.01. The van der Waals surface area contributed by atoms with Crippen molar-refractivity contribution in [2.75, 3.05) is 24.5 Å². The number of nitrogens with zero attached hydrogens (tertiary/aromatic N) is 1.